The molecule has 0 aliphatic carbocycles. The first-order valence-electron chi connectivity index (χ1n) is 6.23. The van der Waals surface area contributed by atoms with Gasteiger partial charge >= 0.3 is 5.97 Å². The van der Waals surface area contributed by atoms with Crippen LogP contribution in [0.4, 0.5) is 25.8 Å². The summed E-state index contributed by atoms with van der Waals surface area (Å²) in [5.74, 6) is -3.96. The number of aromatic carboxylic acids is 1. The Balaban J connectivity index is 2.58. The normalized spacial score (nSPS) is 17.3. The molecule has 0 aromatic heterocycles. The summed E-state index contributed by atoms with van der Waals surface area (Å²) >= 11 is 0. The van der Waals surface area contributed by atoms with Crippen molar-refractivity contribution in [3.63, 3.8) is 0 Å². The molecule has 0 bridgehead atoms. The molecular weight excluding hydrogens is 268 g/mol. The molecule has 2 rings (SSSR count). The number of carboxylic acids is 1. The van der Waals surface area contributed by atoms with E-state index in [1.807, 2.05) is 0 Å². The molecule has 0 unspecified atom stereocenters. The van der Waals surface area contributed by atoms with Crippen molar-refractivity contribution in [1.29, 1.82) is 0 Å². The third kappa shape index (κ3) is 2.35. The molecule has 1 saturated heterocycles. The lowest BCUT2D eigenvalue weighted by atomic mass is 10.0. The minimum atomic E-state index is -2.79. The van der Waals surface area contributed by atoms with Gasteiger partial charge in [0.15, 0.2) is 0 Å². The van der Waals surface area contributed by atoms with E-state index in [4.69, 9.17) is 5.73 Å². The SMILES string of the molecule is CNc1c(N)cc(C(=O)O)c(N2CCC(F)(F)C2)c1C. The maximum Gasteiger partial charge on any atom is 0.337 e. The zero-order chi connectivity index (χ0) is 15.1. The van der Waals surface area contributed by atoms with E-state index in [1.54, 1.807) is 14.0 Å². The van der Waals surface area contributed by atoms with Crippen molar-refractivity contribution in [2.24, 2.45) is 0 Å². The Morgan fingerprint density at radius 2 is 2.20 bits per heavy atom. The Morgan fingerprint density at radius 1 is 1.55 bits per heavy atom. The molecule has 1 aromatic rings. The number of carboxylic acid groups (broad SMARTS) is 1. The van der Waals surface area contributed by atoms with Crippen LogP contribution in [0.15, 0.2) is 6.07 Å². The summed E-state index contributed by atoms with van der Waals surface area (Å²) in [5, 5.41) is 12.2. The lowest BCUT2D eigenvalue weighted by molar-refractivity contribution is 0.0256. The molecule has 0 saturated carbocycles. The number of anilines is 3. The molecule has 110 valence electrons. The number of rotatable bonds is 3. The molecule has 4 N–H and O–H groups in total. The van der Waals surface area contributed by atoms with Crippen molar-refractivity contribution in [2.75, 3.05) is 36.1 Å². The average molecular weight is 285 g/mol. The van der Waals surface area contributed by atoms with Gasteiger partial charge in [-0.15, -0.1) is 0 Å². The van der Waals surface area contributed by atoms with Crippen LogP contribution in [0, 0.1) is 6.92 Å². The number of hydrogen-bond acceptors (Lipinski definition) is 4. The zero-order valence-electron chi connectivity index (χ0n) is 11.3. The highest BCUT2D eigenvalue weighted by molar-refractivity contribution is 5.99. The first kappa shape index (κ1) is 14.4. The van der Waals surface area contributed by atoms with E-state index in [9.17, 15) is 18.7 Å². The van der Waals surface area contributed by atoms with Crippen molar-refractivity contribution in [3.8, 4) is 0 Å². The Hall–Kier alpha value is -2.05. The van der Waals surface area contributed by atoms with Gasteiger partial charge in [-0.1, -0.05) is 0 Å². The molecular formula is C13H17F2N3O2. The van der Waals surface area contributed by atoms with Crippen molar-refractivity contribution in [3.05, 3.63) is 17.2 Å². The first-order valence-corrected chi connectivity index (χ1v) is 6.23. The summed E-state index contributed by atoms with van der Waals surface area (Å²) in [6, 6.07) is 1.31. The molecule has 1 aliphatic rings. The molecule has 20 heavy (non-hydrogen) atoms. The van der Waals surface area contributed by atoms with Gasteiger partial charge in [0, 0.05) is 20.0 Å². The number of carbonyl (C=O) groups is 1. The summed E-state index contributed by atoms with van der Waals surface area (Å²) in [6.45, 7) is 1.34. The fourth-order valence-electron chi connectivity index (χ4n) is 2.66. The molecule has 1 aromatic carbocycles. The van der Waals surface area contributed by atoms with Crippen LogP contribution in [0.25, 0.3) is 0 Å². The predicted molar refractivity (Wildman–Crippen MR) is 73.9 cm³/mol. The summed E-state index contributed by atoms with van der Waals surface area (Å²) in [5.41, 5.74) is 7.50. The summed E-state index contributed by atoms with van der Waals surface area (Å²) in [6.07, 6.45) is -0.273. The van der Waals surface area contributed by atoms with Crippen molar-refractivity contribution < 1.29 is 18.7 Å². The summed E-state index contributed by atoms with van der Waals surface area (Å²) in [7, 11) is 1.65. The van der Waals surface area contributed by atoms with Crippen LogP contribution in [-0.2, 0) is 0 Å². The quantitative estimate of drug-likeness (QED) is 0.742. The number of halogens is 2. The van der Waals surface area contributed by atoms with Gasteiger partial charge in [-0.05, 0) is 18.6 Å². The Morgan fingerprint density at radius 3 is 2.65 bits per heavy atom. The number of hydrogen-bond donors (Lipinski definition) is 3. The van der Waals surface area contributed by atoms with Gasteiger partial charge in [-0.25, -0.2) is 13.6 Å². The van der Waals surface area contributed by atoms with Crippen molar-refractivity contribution in [1.82, 2.24) is 0 Å². The topological polar surface area (TPSA) is 78.6 Å². The minimum Gasteiger partial charge on any atom is -0.478 e. The van der Waals surface area contributed by atoms with E-state index < -0.39 is 18.4 Å². The van der Waals surface area contributed by atoms with Crippen LogP contribution in [0.2, 0.25) is 0 Å². The van der Waals surface area contributed by atoms with Gasteiger partial charge in [-0.2, -0.15) is 0 Å². The number of nitrogens with two attached hydrogens (primary N) is 1. The standard InChI is InChI=1S/C13H17F2N3O2/c1-7-10(17-2)9(16)5-8(12(19)20)11(7)18-4-3-13(14,15)6-18/h5,17H,3-4,6,16H2,1-2H3,(H,19,20). The maximum atomic E-state index is 13.4. The second-order valence-corrected chi connectivity index (χ2v) is 4.94. The van der Waals surface area contributed by atoms with Gasteiger partial charge in [0.2, 0.25) is 0 Å². The highest BCUT2D eigenvalue weighted by Gasteiger charge is 2.40. The Labute approximate surface area is 115 Å². The van der Waals surface area contributed by atoms with Crippen molar-refractivity contribution >= 4 is 23.0 Å². The van der Waals surface area contributed by atoms with Crippen molar-refractivity contribution in [2.45, 2.75) is 19.3 Å². The molecule has 1 fully saturated rings. The predicted octanol–water partition coefficient (Wildman–Crippen LogP) is 2.16. The lowest BCUT2D eigenvalue weighted by Gasteiger charge is -2.25. The molecule has 7 heteroatoms. The van der Waals surface area contributed by atoms with Crippen LogP contribution in [0.1, 0.15) is 22.3 Å². The van der Waals surface area contributed by atoms with Crippen LogP contribution in [0.5, 0.6) is 0 Å². The number of benzene rings is 1. The van der Waals surface area contributed by atoms with Crippen LogP contribution in [-0.4, -0.2) is 37.1 Å². The number of nitrogen functional groups attached to an aromatic ring is 1. The van der Waals surface area contributed by atoms with Gasteiger partial charge < -0.3 is 21.1 Å². The molecule has 0 amide bonds. The Kier molecular flexibility index (Phi) is 3.45. The number of nitrogens with zero attached hydrogens (tertiary/aromatic N) is 1. The summed E-state index contributed by atoms with van der Waals surface area (Å²) < 4.78 is 26.8. The van der Waals surface area contributed by atoms with E-state index >= 15 is 0 Å². The smallest absolute Gasteiger partial charge is 0.337 e. The molecule has 0 atom stereocenters. The number of nitrogens with one attached hydrogen (secondary N) is 1. The molecule has 1 heterocycles. The fourth-order valence-corrected chi connectivity index (χ4v) is 2.66. The van der Waals surface area contributed by atoms with Crippen LogP contribution in [0.3, 0.4) is 0 Å². The highest BCUT2D eigenvalue weighted by Crippen LogP contribution is 2.39. The van der Waals surface area contributed by atoms with Gasteiger partial charge in [0.1, 0.15) is 0 Å². The highest BCUT2D eigenvalue weighted by atomic mass is 19.3. The monoisotopic (exact) mass is 285 g/mol. The molecule has 0 spiro atoms. The molecule has 0 radical (unpaired) electrons. The van der Waals surface area contributed by atoms with E-state index in [0.29, 0.717) is 16.9 Å². The van der Waals surface area contributed by atoms with E-state index in [0.717, 1.165) is 0 Å². The van der Waals surface area contributed by atoms with Gasteiger partial charge in [-0.3, -0.25) is 0 Å². The van der Waals surface area contributed by atoms with Gasteiger partial charge in [0.05, 0.1) is 29.2 Å². The summed E-state index contributed by atoms with van der Waals surface area (Å²) in [4.78, 5) is 12.8. The minimum absolute atomic E-state index is 0.0447. The van der Waals surface area contributed by atoms with E-state index in [-0.39, 0.29) is 24.2 Å². The average Bonchev–Trinajstić information content (AvgIpc) is 2.69. The second-order valence-electron chi connectivity index (χ2n) is 4.94. The molecule has 1 aliphatic heterocycles. The van der Waals surface area contributed by atoms with Gasteiger partial charge in [0.25, 0.3) is 5.92 Å². The van der Waals surface area contributed by atoms with Crippen LogP contribution < -0.4 is 16.0 Å². The van der Waals surface area contributed by atoms with Crippen LogP contribution >= 0.6 is 0 Å². The fraction of sp³-hybridized carbons (Fsp3) is 0.462. The third-order valence-electron chi connectivity index (χ3n) is 3.54. The van der Waals surface area contributed by atoms with E-state index in [2.05, 4.69) is 5.32 Å². The lowest BCUT2D eigenvalue weighted by Crippen LogP contribution is -2.27. The molecule has 5 nitrogen and oxygen atoms in total. The second kappa shape index (κ2) is 4.81. The first-order chi connectivity index (χ1) is 9.26. The van der Waals surface area contributed by atoms with E-state index in [1.165, 1.54) is 11.0 Å². The zero-order valence-corrected chi connectivity index (χ0v) is 11.3. The largest absolute Gasteiger partial charge is 0.478 e. The third-order valence-corrected chi connectivity index (χ3v) is 3.54. The maximum absolute atomic E-state index is 13.4. The Bertz CT molecular complexity index is 561. The number of alkyl halides is 2.